The van der Waals surface area contributed by atoms with E-state index in [1.807, 2.05) is 30.0 Å². The molecule has 1 amide bonds. The van der Waals surface area contributed by atoms with Crippen LogP contribution in [0, 0.1) is 11.8 Å². The van der Waals surface area contributed by atoms with Gasteiger partial charge in [0.1, 0.15) is 11.5 Å². The van der Waals surface area contributed by atoms with E-state index in [0.29, 0.717) is 17.6 Å². The number of ether oxygens (including phenoxy) is 2. The third-order valence-electron chi connectivity index (χ3n) is 3.66. The SMILES string of the molecule is COc1ccc(/C(C)=C/C(=O)N(CC(C)C)CC(C)C)c(OC)c1. The van der Waals surface area contributed by atoms with Gasteiger partial charge in [-0.3, -0.25) is 4.79 Å². The molecule has 0 saturated heterocycles. The Morgan fingerprint density at radius 3 is 2.12 bits per heavy atom. The molecule has 1 rings (SSSR count). The number of methoxy groups -OCH3 is 2. The number of amides is 1. The third-order valence-corrected chi connectivity index (χ3v) is 3.66. The summed E-state index contributed by atoms with van der Waals surface area (Å²) >= 11 is 0. The highest BCUT2D eigenvalue weighted by Gasteiger charge is 2.16. The van der Waals surface area contributed by atoms with Crippen LogP contribution in [0.5, 0.6) is 11.5 Å². The molecule has 1 aromatic carbocycles. The first-order chi connectivity index (χ1) is 11.3. The molecular weight excluding hydrogens is 302 g/mol. The second-order valence-electron chi connectivity index (χ2n) is 6.92. The second-order valence-corrected chi connectivity index (χ2v) is 6.92. The number of hydrogen-bond donors (Lipinski definition) is 0. The maximum atomic E-state index is 12.7. The maximum absolute atomic E-state index is 12.7. The molecule has 0 aliphatic rings. The fourth-order valence-electron chi connectivity index (χ4n) is 2.61. The Bertz CT molecular complexity index is 566. The predicted molar refractivity (Wildman–Crippen MR) is 99.5 cm³/mol. The summed E-state index contributed by atoms with van der Waals surface area (Å²) in [6.07, 6.45) is 1.70. The van der Waals surface area contributed by atoms with Crippen molar-refractivity contribution >= 4 is 11.5 Å². The Balaban J connectivity index is 3.06. The van der Waals surface area contributed by atoms with Gasteiger partial charge in [0.15, 0.2) is 0 Å². The van der Waals surface area contributed by atoms with Gasteiger partial charge < -0.3 is 14.4 Å². The number of rotatable bonds is 8. The molecule has 0 N–H and O–H groups in total. The van der Waals surface area contributed by atoms with Gasteiger partial charge in [0.2, 0.25) is 5.91 Å². The van der Waals surface area contributed by atoms with Crippen molar-refractivity contribution in [2.75, 3.05) is 27.3 Å². The monoisotopic (exact) mass is 333 g/mol. The zero-order chi connectivity index (χ0) is 18.3. The van der Waals surface area contributed by atoms with E-state index in [9.17, 15) is 4.79 Å². The highest BCUT2D eigenvalue weighted by molar-refractivity contribution is 5.95. The van der Waals surface area contributed by atoms with E-state index in [4.69, 9.17) is 9.47 Å². The van der Waals surface area contributed by atoms with E-state index in [-0.39, 0.29) is 5.91 Å². The van der Waals surface area contributed by atoms with Crippen LogP contribution in [-0.4, -0.2) is 38.1 Å². The van der Waals surface area contributed by atoms with Crippen molar-refractivity contribution in [3.8, 4) is 11.5 Å². The molecule has 0 saturated carbocycles. The summed E-state index contributed by atoms with van der Waals surface area (Å²) in [6, 6.07) is 5.63. The van der Waals surface area contributed by atoms with Gasteiger partial charge in [-0.15, -0.1) is 0 Å². The van der Waals surface area contributed by atoms with E-state index < -0.39 is 0 Å². The molecule has 134 valence electrons. The van der Waals surface area contributed by atoms with E-state index in [1.54, 1.807) is 20.3 Å². The number of nitrogens with zero attached hydrogens (tertiary/aromatic N) is 1. The van der Waals surface area contributed by atoms with Crippen molar-refractivity contribution in [3.63, 3.8) is 0 Å². The van der Waals surface area contributed by atoms with E-state index in [1.165, 1.54) is 0 Å². The van der Waals surface area contributed by atoms with Gasteiger partial charge in [-0.25, -0.2) is 0 Å². The van der Waals surface area contributed by atoms with Gasteiger partial charge in [0, 0.05) is 30.8 Å². The fourth-order valence-corrected chi connectivity index (χ4v) is 2.61. The van der Waals surface area contributed by atoms with Crippen LogP contribution in [0.15, 0.2) is 24.3 Å². The van der Waals surface area contributed by atoms with Crippen molar-refractivity contribution in [2.45, 2.75) is 34.6 Å². The quantitative estimate of drug-likeness (QED) is 0.668. The molecule has 4 nitrogen and oxygen atoms in total. The lowest BCUT2D eigenvalue weighted by Crippen LogP contribution is -2.36. The molecule has 0 atom stereocenters. The summed E-state index contributed by atoms with van der Waals surface area (Å²) in [6.45, 7) is 12.0. The molecule has 24 heavy (non-hydrogen) atoms. The molecule has 0 aliphatic carbocycles. The van der Waals surface area contributed by atoms with Gasteiger partial charge in [-0.05, 0) is 36.5 Å². The zero-order valence-electron chi connectivity index (χ0n) is 16.1. The van der Waals surface area contributed by atoms with Gasteiger partial charge in [-0.1, -0.05) is 27.7 Å². The van der Waals surface area contributed by atoms with Crippen molar-refractivity contribution in [1.82, 2.24) is 4.90 Å². The lowest BCUT2D eigenvalue weighted by molar-refractivity contribution is -0.127. The Kier molecular flexibility index (Phi) is 7.83. The van der Waals surface area contributed by atoms with Crippen LogP contribution in [-0.2, 0) is 4.79 Å². The molecular formula is C20H31NO3. The Hall–Kier alpha value is -1.97. The average molecular weight is 333 g/mol. The highest BCUT2D eigenvalue weighted by atomic mass is 16.5. The standard InChI is InChI=1S/C20H31NO3/c1-14(2)12-21(13-15(3)4)20(22)10-16(5)18-9-8-17(23-6)11-19(18)24-7/h8-11,14-15H,12-13H2,1-7H3/b16-10+. The summed E-state index contributed by atoms with van der Waals surface area (Å²) in [7, 11) is 3.24. The summed E-state index contributed by atoms with van der Waals surface area (Å²) in [5, 5.41) is 0. The Morgan fingerprint density at radius 2 is 1.67 bits per heavy atom. The normalized spacial score (nSPS) is 11.8. The number of hydrogen-bond acceptors (Lipinski definition) is 3. The molecule has 0 fully saturated rings. The minimum absolute atomic E-state index is 0.0489. The molecule has 0 radical (unpaired) electrons. The third kappa shape index (κ3) is 5.91. The largest absolute Gasteiger partial charge is 0.497 e. The van der Waals surface area contributed by atoms with Gasteiger partial charge in [-0.2, -0.15) is 0 Å². The predicted octanol–water partition coefficient (Wildman–Crippen LogP) is 4.25. The summed E-state index contributed by atoms with van der Waals surface area (Å²) in [4.78, 5) is 14.6. The number of allylic oxidation sites excluding steroid dienone is 1. The maximum Gasteiger partial charge on any atom is 0.246 e. The summed E-state index contributed by atoms with van der Waals surface area (Å²) < 4.78 is 10.7. The van der Waals surface area contributed by atoms with Gasteiger partial charge in [0.05, 0.1) is 14.2 Å². The van der Waals surface area contributed by atoms with Crippen LogP contribution in [0.1, 0.15) is 40.2 Å². The van der Waals surface area contributed by atoms with Crippen LogP contribution < -0.4 is 9.47 Å². The second kappa shape index (κ2) is 9.36. The number of carbonyl (C=O) groups excluding carboxylic acids is 1. The molecule has 0 spiro atoms. The van der Waals surface area contributed by atoms with E-state index in [2.05, 4.69) is 27.7 Å². The lowest BCUT2D eigenvalue weighted by atomic mass is 10.0. The van der Waals surface area contributed by atoms with Gasteiger partial charge in [0.25, 0.3) is 0 Å². The number of carbonyl (C=O) groups is 1. The molecule has 0 aliphatic heterocycles. The van der Waals surface area contributed by atoms with Crippen LogP contribution >= 0.6 is 0 Å². The smallest absolute Gasteiger partial charge is 0.246 e. The van der Waals surface area contributed by atoms with Crippen molar-refractivity contribution in [2.24, 2.45) is 11.8 Å². The molecule has 0 aromatic heterocycles. The topological polar surface area (TPSA) is 38.8 Å². The molecule has 0 bridgehead atoms. The Morgan fingerprint density at radius 1 is 1.08 bits per heavy atom. The minimum atomic E-state index is 0.0489. The molecule has 0 heterocycles. The van der Waals surface area contributed by atoms with E-state index >= 15 is 0 Å². The first-order valence-electron chi connectivity index (χ1n) is 8.48. The fraction of sp³-hybridized carbons (Fsp3) is 0.550. The van der Waals surface area contributed by atoms with E-state index in [0.717, 1.165) is 30.0 Å². The highest BCUT2D eigenvalue weighted by Crippen LogP contribution is 2.30. The van der Waals surface area contributed by atoms with Crippen molar-refractivity contribution in [3.05, 3.63) is 29.8 Å². The van der Waals surface area contributed by atoms with Crippen LogP contribution in [0.25, 0.3) is 5.57 Å². The lowest BCUT2D eigenvalue weighted by Gasteiger charge is -2.25. The zero-order valence-corrected chi connectivity index (χ0v) is 16.1. The summed E-state index contributed by atoms with van der Waals surface area (Å²) in [5.74, 6) is 2.37. The van der Waals surface area contributed by atoms with Gasteiger partial charge >= 0.3 is 0 Å². The van der Waals surface area contributed by atoms with Crippen LogP contribution in [0.3, 0.4) is 0 Å². The van der Waals surface area contributed by atoms with Crippen molar-refractivity contribution in [1.29, 1.82) is 0 Å². The molecule has 1 aromatic rings. The van der Waals surface area contributed by atoms with Crippen LogP contribution in [0.2, 0.25) is 0 Å². The minimum Gasteiger partial charge on any atom is -0.497 e. The first-order valence-corrected chi connectivity index (χ1v) is 8.48. The molecule has 4 heteroatoms. The van der Waals surface area contributed by atoms with Crippen molar-refractivity contribution < 1.29 is 14.3 Å². The Labute approximate surface area is 146 Å². The first kappa shape index (κ1) is 20.1. The summed E-state index contributed by atoms with van der Waals surface area (Å²) in [5.41, 5.74) is 1.79. The average Bonchev–Trinajstić information content (AvgIpc) is 2.52. The van der Waals surface area contributed by atoms with Crippen LogP contribution in [0.4, 0.5) is 0 Å². The molecule has 0 unspecified atom stereocenters. The number of benzene rings is 1.